The Balaban J connectivity index is 1.35. The zero-order chi connectivity index (χ0) is 17.8. The van der Waals surface area contributed by atoms with Crippen LogP contribution < -0.4 is 9.47 Å². The van der Waals surface area contributed by atoms with Gasteiger partial charge in [-0.15, -0.1) is 0 Å². The molecule has 0 bridgehead atoms. The van der Waals surface area contributed by atoms with E-state index >= 15 is 0 Å². The molecule has 26 heavy (non-hydrogen) atoms. The number of methoxy groups -OCH3 is 1. The average molecular weight is 358 g/mol. The highest BCUT2D eigenvalue weighted by atomic mass is 16.6. The minimum absolute atomic E-state index is 0.593. The summed E-state index contributed by atoms with van der Waals surface area (Å²) in [6.07, 6.45) is 0. The molecule has 1 saturated heterocycles. The summed E-state index contributed by atoms with van der Waals surface area (Å²) >= 11 is 0. The van der Waals surface area contributed by atoms with Gasteiger partial charge < -0.3 is 18.6 Å². The number of rotatable bonds is 6. The quantitative estimate of drug-likeness (QED) is 0.791. The third-order valence-electron chi connectivity index (χ3n) is 4.94. The van der Waals surface area contributed by atoms with Crippen LogP contribution in [0.4, 0.5) is 0 Å². The van der Waals surface area contributed by atoms with Gasteiger partial charge in [-0.05, 0) is 30.3 Å². The molecular weight excluding hydrogens is 332 g/mol. The molecule has 0 amide bonds. The van der Waals surface area contributed by atoms with E-state index in [0.717, 1.165) is 74.5 Å². The second-order valence-electron chi connectivity index (χ2n) is 6.73. The molecule has 0 saturated carbocycles. The number of fused-ring (bicyclic) bond motifs is 1. The fourth-order valence-corrected chi connectivity index (χ4v) is 3.43. The van der Waals surface area contributed by atoms with Gasteiger partial charge in [0.1, 0.15) is 24.7 Å². The van der Waals surface area contributed by atoms with Crippen LogP contribution in [0.25, 0.3) is 11.3 Å². The first-order chi connectivity index (χ1) is 12.8. The predicted octanol–water partition coefficient (Wildman–Crippen LogP) is 2.48. The van der Waals surface area contributed by atoms with Crippen molar-refractivity contribution in [3.8, 4) is 22.8 Å². The molecule has 0 aliphatic carbocycles. The Morgan fingerprint density at radius 1 is 0.923 bits per heavy atom. The predicted molar refractivity (Wildman–Crippen MR) is 98.7 cm³/mol. The molecule has 1 aromatic heterocycles. The van der Waals surface area contributed by atoms with Crippen LogP contribution in [-0.4, -0.2) is 69.5 Å². The van der Waals surface area contributed by atoms with Gasteiger partial charge in [0.2, 0.25) is 0 Å². The van der Waals surface area contributed by atoms with Crippen molar-refractivity contribution in [1.82, 2.24) is 9.80 Å². The van der Waals surface area contributed by atoms with Crippen LogP contribution in [0.15, 0.2) is 34.7 Å². The lowest BCUT2D eigenvalue weighted by atomic mass is 10.1. The van der Waals surface area contributed by atoms with Crippen LogP contribution in [0.5, 0.6) is 11.5 Å². The molecule has 0 spiro atoms. The highest BCUT2D eigenvalue weighted by Gasteiger charge is 2.18. The van der Waals surface area contributed by atoms with E-state index in [1.165, 1.54) is 0 Å². The maximum absolute atomic E-state index is 6.08. The van der Waals surface area contributed by atoms with E-state index < -0.39 is 0 Å². The van der Waals surface area contributed by atoms with E-state index in [9.17, 15) is 0 Å². The van der Waals surface area contributed by atoms with Crippen molar-refractivity contribution < 1.29 is 18.6 Å². The fourth-order valence-electron chi connectivity index (χ4n) is 3.43. The third-order valence-corrected chi connectivity index (χ3v) is 4.94. The van der Waals surface area contributed by atoms with E-state index in [1.807, 2.05) is 24.3 Å². The lowest BCUT2D eigenvalue weighted by Gasteiger charge is -2.34. The topological polar surface area (TPSA) is 47.3 Å². The first-order valence-corrected chi connectivity index (χ1v) is 9.24. The second-order valence-corrected chi connectivity index (χ2v) is 6.73. The Hall–Kier alpha value is -2.02. The van der Waals surface area contributed by atoms with Crippen molar-refractivity contribution in [1.29, 1.82) is 0 Å². The second kappa shape index (κ2) is 8.12. The van der Waals surface area contributed by atoms with Crippen LogP contribution >= 0.6 is 0 Å². The molecule has 1 aromatic carbocycles. The number of ether oxygens (including phenoxy) is 3. The zero-order valence-corrected chi connectivity index (χ0v) is 15.3. The zero-order valence-electron chi connectivity index (χ0n) is 15.3. The van der Waals surface area contributed by atoms with Crippen LogP contribution in [0.1, 0.15) is 5.76 Å². The monoisotopic (exact) mass is 358 g/mol. The molecule has 0 unspecified atom stereocenters. The standard InChI is InChI=1S/C20H26N2O4/c1-23-11-10-21-6-8-22(9-7-21)15-17-3-5-18(26-17)16-2-4-19-20(14-16)25-13-12-24-19/h2-5,14H,6-13,15H2,1H3. The maximum atomic E-state index is 6.08. The molecule has 0 atom stereocenters. The van der Waals surface area contributed by atoms with E-state index in [4.69, 9.17) is 18.6 Å². The minimum atomic E-state index is 0.593. The van der Waals surface area contributed by atoms with Crippen molar-refractivity contribution in [3.05, 3.63) is 36.1 Å². The smallest absolute Gasteiger partial charge is 0.162 e. The van der Waals surface area contributed by atoms with Gasteiger partial charge in [-0.25, -0.2) is 0 Å². The summed E-state index contributed by atoms with van der Waals surface area (Å²) in [7, 11) is 1.76. The van der Waals surface area contributed by atoms with Gasteiger partial charge in [0, 0.05) is 45.4 Å². The van der Waals surface area contributed by atoms with Crippen molar-refractivity contribution >= 4 is 0 Å². The Bertz CT molecular complexity index is 722. The molecule has 2 aromatic rings. The van der Waals surface area contributed by atoms with Crippen LogP contribution in [0, 0.1) is 0 Å². The van der Waals surface area contributed by atoms with Gasteiger partial charge in [0.05, 0.1) is 13.2 Å². The normalized spacial score (nSPS) is 18.2. The summed E-state index contributed by atoms with van der Waals surface area (Å²) < 4.78 is 22.5. The molecular formula is C20H26N2O4. The lowest BCUT2D eigenvalue weighted by molar-refractivity contribution is 0.0906. The van der Waals surface area contributed by atoms with E-state index in [-0.39, 0.29) is 0 Å². The SMILES string of the molecule is COCCN1CCN(Cc2ccc(-c3ccc4c(c3)OCCO4)o2)CC1. The minimum Gasteiger partial charge on any atom is -0.486 e. The van der Waals surface area contributed by atoms with Gasteiger partial charge >= 0.3 is 0 Å². The largest absolute Gasteiger partial charge is 0.486 e. The molecule has 140 valence electrons. The Labute approximate surface area is 154 Å². The van der Waals surface area contributed by atoms with Crippen molar-refractivity contribution in [2.75, 3.05) is 59.7 Å². The van der Waals surface area contributed by atoms with Crippen molar-refractivity contribution in [3.63, 3.8) is 0 Å². The summed E-state index contributed by atoms with van der Waals surface area (Å²) in [5, 5.41) is 0. The molecule has 0 N–H and O–H groups in total. The summed E-state index contributed by atoms with van der Waals surface area (Å²) in [6, 6.07) is 10.1. The average Bonchev–Trinajstić information content (AvgIpc) is 3.15. The number of furan rings is 1. The molecule has 1 fully saturated rings. The van der Waals surface area contributed by atoms with Gasteiger partial charge in [-0.2, -0.15) is 0 Å². The highest BCUT2D eigenvalue weighted by Crippen LogP contribution is 2.35. The molecule has 3 heterocycles. The number of hydrogen-bond acceptors (Lipinski definition) is 6. The molecule has 2 aliphatic rings. The number of nitrogens with zero attached hydrogens (tertiary/aromatic N) is 2. The Morgan fingerprint density at radius 3 is 2.50 bits per heavy atom. The summed E-state index contributed by atoms with van der Waals surface area (Å²) in [6.45, 7) is 8.15. The fraction of sp³-hybridized carbons (Fsp3) is 0.500. The Morgan fingerprint density at radius 2 is 1.69 bits per heavy atom. The highest BCUT2D eigenvalue weighted by molar-refractivity contribution is 5.63. The van der Waals surface area contributed by atoms with Crippen molar-refractivity contribution in [2.24, 2.45) is 0 Å². The molecule has 6 nitrogen and oxygen atoms in total. The molecule has 2 aliphatic heterocycles. The number of piperazine rings is 1. The van der Waals surface area contributed by atoms with Crippen LogP contribution in [-0.2, 0) is 11.3 Å². The number of hydrogen-bond donors (Lipinski definition) is 0. The molecule has 4 rings (SSSR count). The van der Waals surface area contributed by atoms with Gasteiger partial charge in [0.15, 0.2) is 11.5 Å². The summed E-state index contributed by atoms with van der Waals surface area (Å²) in [5.74, 6) is 3.47. The van der Waals surface area contributed by atoms with Gasteiger partial charge in [0.25, 0.3) is 0 Å². The Kier molecular flexibility index (Phi) is 5.43. The van der Waals surface area contributed by atoms with Crippen LogP contribution in [0.3, 0.4) is 0 Å². The van der Waals surface area contributed by atoms with E-state index in [2.05, 4.69) is 15.9 Å². The van der Waals surface area contributed by atoms with Gasteiger partial charge in [-0.3, -0.25) is 9.80 Å². The van der Waals surface area contributed by atoms with E-state index in [1.54, 1.807) is 7.11 Å². The molecule has 6 heteroatoms. The third kappa shape index (κ3) is 4.03. The maximum Gasteiger partial charge on any atom is 0.162 e. The van der Waals surface area contributed by atoms with Crippen molar-refractivity contribution in [2.45, 2.75) is 6.54 Å². The van der Waals surface area contributed by atoms with E-state index in [0.29, 0.717) is 13.2 Å². The summed E-state index contributed by atoms with van der Waals surface area (Å²) in [4.78, 5) is 4.89. The van der Waals surface area contributed by atoms with Gasteiger partial charge in [-0.1, -0.05) is 0 Å². The van der Waals surface area contributed by atoms with Crippen LogP contribution in [0.2, 0.25) is 0 Å². The first-order valence-electron chi connectivity index (χ1n) is 9.24. The number of benzene rings is 1. The first kappa shape index (κ1) is 17.4. The lowest BCUT2D eigenvalue weighted by Crippen LogP contribution is -2.46. The summed E-state index contributed by atoms with van der Waals surface area (Å²) in [5.41, 5.74) is 1.02. The molecule has 0 radical (unpaired) electrons.